The summed E-state index contributed by atoms with van der Waals surface area (Å²) in [7, 11) is 0. The predicted molar refractivity (Wildman–Crippen MR) is 48.3 cm³/mol. The van der Waals surface area contributed by atoms with Crippen LogP contribution in [-0.2, 0) is 0 Å². The SMILES string of the molecule is O/N=C(\Cl)c1cc(Br)ccc1F. The highest BCUT2D eigenvalue weighted by atomic mass is 79.9. The molecule has 0 spiro atoms. The van der Waals surface area contributed by atoms with E-state index in [0.717, 1.165) is 0 Å². The van der Waals surface area contributed by atoms with Gasteiger partial charge in [0.05, 0.1) is 5.56 Å². The van der Waals surface area contributed by atoms with Crippen molar-refractivity contribution in [3.05, 3.63) is 34.1 Å². The third kappa shape index (κ3) is 1.95. The van der Waals surface area contributed by atoms with Crippen molar-refractivity contribution >= 4 is 32.7 Å². The molecule has 0 bridgehead atoms. The van der Waals surface area contributed by atoms with Crippen molar-refractivity contribution < 1.29 is 9.60 Å². The van der Waals surface area contributed by atoms with Gasteiger partial charge in [0.1, 0.15) is 5.82 Å². The Kier molecular flexibility index (Phi) is 3.05. The van der Waals surface area contributed by atoms with Crippen LogP contribution in [0.1, 0.15) is 5.56 Å². The molecule has 0 heterocycles. The maximum atomic E-state index is 12.9. The Balaban J connectivity index is 3.23. The van der Waals surface area contributed by atoms with Gasteiger partial charge in [-0.05, 0) is 18.2 Å². The summed E-state index contributed by atoms with van der Waals surface area (Å²) in [5.41, 5.74) is 0.0635. The number of hydrogen-bond donors (Lipinski definition) is 1. The number of rotatable bonds is 1. The highest BCUT2D eigenvalue weighted by Crippen LogP contribution is 2.17. The molecule has 1 aromatic carbocycles. The predicted octanol–water partition coefficient (Wildman–Crippen LogP) is 2.96. The third-order valence-corrected chi connectivity index (χ3v) is 2.01. The van der Waals surface area contributed by atoms with Gasteiger partial charge in [0.15, 0.2) is 5.17 Å². The molecule has 12 heavy (non-hydrogen) atoms. The first-order valence-electron chi connectivity index (χ1n) is 2.98. The molecule has 0 amide bonds. The van der Waals surface area contributed by atoms with E-state index in [1.54, 1.807) is 0 Å². The molecule has 0 fully saturated rings. The first-order valence-corrected chi connectivity index (χ1v) is 4.15. The standard InChI is InChI=1S/C7H4BrClFNO/c8-4-1-2-6(10)5(3-4)7(9)11-12/h1-3,12H/b11-7-. The first kappa shape index (κ1) is 9.48. The molecule has 1 aromatic rings. The van der Waals surface area contributed by atoms with Gasteiger partial charge in [0.2, 0.25) is 0 Å². The van der Waals surface area contributed by atoms with Crippen LogP contribution in [0.25, 0.3) is 0 Å². The zero-order valence-electron chi connectivity index (χ0n) is 5.76. The van der Waals surface area contributed by atoms with Crippen LogP contribution < -0.4 is 0 Å². The van der Waals surface area contributed by atoms with Crippen LogP contribution in [0.4, 0.5) is 4.39 Å². The molecule has 0 aliphatic rings. The second-order valence-corrected chi connectivity index (χ2v) is 3.29. The Bertz CT molecular complexity index is 329. The molecule has 0 radical (unpaired) electrons. The lowest BCUT2D eigenvalue weighted by molar-refractivity contribution is 0.320. The number of oxime groups is 1. The quantitative estimate of drug-likeness (QED) is 0.465. The molecule has 0 aliphatic heterocycles. The van der Waals surface area contributed by atoms with E-state index in [1.807, 2.05) is 0 Å². The second-order valence-electron chi connectivity index (χ2n) is 2.01. The Morgan fingerprint density at radius 1 is 1.58 bits per heavy atom. The summed E-state index contributed by atoms with van der Waals surface area (Å²) in [4.78, 5) is 0. The smallest absolute Gasteiger partial charge is 0.178 e. The minimum atomic E-state index is -0.527. The number of halogens is 3. The van der Waals surface area contributed by atoms with E-state index in [2.05, 4.69) is 21.1 Å². The first-order chi connectivity index (χ1) is 5.65. The van der Waals surface area contributed by atoms with Crippen LogP contribution in [0.3, 0.4) is 0 Å². The Labute approximate surface area is 81.8 Å². The van der Waals surface area contributed by atoms with Crippen LogP contribution >= 0.6 is 27.5 Å². The molecule has 0 aromatic heterocycles. The summed E-state index contributed by atoms with van der Waals surface area (Å²) in [5.74, 6) is -0.527. The Hall–Kier alpha value is -0.610. The van der Waals surface area contributed by atoms with Gasteiger partial charge >= 0.3 is 0 Å². The van der Waals surface area contributed by atoms with Crippen LogP contribution in [0.15, 0.2) is 27.8 Å². The van der Waals surface area contributed by atoms with Crippen LogP contribution in [-0.4, -0.2) is 10.4 Å². The number of hydrogen-bond acceptors (Lipinski definition) is 2. The van der Waals surface area contributed by atoms with E-state index in [-0.39, 0.29) is 10.7 Å². The summed E-state index contributed by atoms with van der Waals surface area (Å²) in [6, 6.07) is 4.19. The maximum Gasteiger partial charge on any atom is 0.178 e. The molecule has 0 saturated carbocycles. The third-order valence-electron chi connectivity index (χ3n) is 1.24. The van der Waals surface area contributed by atoms with Gasteiger partial charge in [-0.1, -0.05) is 32.7 Å². The minimum absolute atomic E-state index is 0.0635. The van der Waals surface area contributed by atoms with Crippen molar-refractivity contribution in [1.29, 1.82) is 0 Å². The van der Waals surface area contributed by atoms with Gasteiger partial charge in [-0.3, -0.25) is 0 Å². The van der Waals surface area contributed by atoms with Gasteiger partial charge in [-0.25, -0.2) is 4.39 Å². The average Bonchev–Trinajstić information content (AvgIpc) is 2.08. The van der Waals surface area contributed by atoms with E-state index >= 15 is 0 Å². The molecule has 0 saturated heterocycles. The molecular weight excluding hydrogens is 248 g/mol. The van der Waals surface area contributed by atoms with Crippen molar-refractivity contribution in [2.24, 2.45) is 5.16 Å². The molecule has 0 aliphatic carbocycles. The Morgan fingerprint density at radius 2 is 2.25 bits per heavy atom. The van der Waals surface area contributed by atoms with Crippen LogP contribution in [0.2, 0.25) is 0 Å². The van der Waals surface area contributed by atoms with Gasteiger partial charge in [-0.15, -0.1) is 0 Å². The summed E-state index contributed by atoms with van der Waals surface area (Å²) in [6.45, 7) is 0. The highest BCUT2D eigenvalue weighted by Gasteiger charge is 2.07. The maximum absolute atomic E-state index is 12.9. The molecule has 0 atom stereocenters. The average molecular weight is 252 g/mol. The monoisotopic (exact) mass is 251 g/mol. The highest BCUT2D eigenvalue weighted by molar-refractivity contribution is 9.10. The number of nitrogens with zero attached hydrogens (tertiary/aromatic N) is 1. The van der Waals surface area contributed by atoms with Crippen molar-refractivity contribution in [1.82, 2.24) is 0 Å². The Morgan fingerprint density at radius 3 is 2.83 bits per heavy atom. The van der Waals surface area contributed by atoms with E-state index in [9.17, 15) is 4.39 Å². The van der Waals surface area contributed by atoms with Gasteiger partial charge in [0, 0.05) is 4.47 Å². The van der Waals surface area contributed by atoms with Gasteiger partial charge in [-0.2, -0.15) is 0 Å². The fraction of sp³-hybridized carbons (Fsp3) is 0. The van der Waals surface area contributed by atoms with Crippen molar-refractivity contribution in [2.45, 2.75) is 0 Å². The second kappa shape index (κ2) is 3.87. The summed E-state index contributed by atoms with van der Waals surface area (Å²) < 4.78 is 13.6. The summed E-state index contributed by atoms with van der Waals surface area (Å²) in [6.07, 6.45) is 0. The molecule has 64 valence electrons. The lowest BCUT2D eigenvalue weighted by Gasteiger charge is -1.98. The number of benzene rings is 1. The normalized spacial score (nSPS) is 11.8. The van der Waals surface area contributed by atoms with Gasteiger partial charge < -0.3 is 5.21 Å². The fourth-order valence-corrected chi connectivity index (χ4v) is 1.22. The molecule has 2 nitrogen and oxygen atoms in total. The molecule has 1 rings (SSSR count). The van der Waals surface area contributed by atoms with Crippen molar-refractivity contribution in [3.8, 4) is 0 Å². The fourth-order valence-electron chi connectivity index (χ4n) is 0.709. The van der Waals surface area contributed by atoms with E-state index in [4.69, 9.17) is 16.8 Å². The largest absolute Gasteiger partial charge is 0.410 e. The van der Waals surface area contributed by atoms with Crippen molar-refractivity contribution in [2.75, 3.05) is 0 Å². The lowest BCUT2D eigenvalue weighted by Crippen LogP contribution is -1.95. The van der Waals surface area contributed by atoms with Crippen LogP contribution in [0, 0.1) is 5.82 Å². The molecular formula is C7H4BrClFNO. The zero-order chi connectivity index (χ0) is 9.14. The lowest BCUT2D eigenvalue weighted by atomic mass is 10.2. The van der Waals surface area contributed by atoms with E-state index in [1.165, 1.54) is 18.2 Å². The molecule has 0 unspecified atom stereocenters. The summed E-state index contributed by atoms with van der Waals surface area (Å²) in [5, 5.41) is 10.7. The topological polar surface area (TPSA) is 32.6 Å². The van der Waals surface area contributed by atoms with E-state index in [0.29, 0.717) is 4.47 Å². The van der Waals surface area contributed by atoms with Gasteiger partial charge in [0.25, 0.3) is 0 Å². The minimum Gasteiger partial charge on any atom is -0.410 e. The summed E-state index contributed by atoms with van der Waals surface area (Å²) >= 11 is 8.54. The van der Waals surface area contributed by atoms with E-state index < -0.39 is 5.82 Å². The molecule has 5 heteroatoms. The van der Waals surface area contributed by atoms with Crippen LogP contribution in [0.5, 0.6) is 0 Å². The zero-order valence-corrected chi connectivity index (χ0v) is 8.10. The van der Waals surface area contributed by atoms with Crippen molar-refractivity contribution in [3.63, 3.8) is 0 Å². The molecule has 1 N–H and O–H groups in total.